The van der Waals surface area contributed by atoms with Crippen molar-refractivity contribution in [2.24, 2.45) is 0 Å². The summed E-state index contributed by atoms with van der Waals surface area (Å²) in [6, 6.07) is 6.38. The number of nitrogens with zero attached hydrogens (tertiary/aromatic N) is 3. The zero-order valence-corrected chi connectivity index (χ0v) is 12.3. The number of likely N-dealkylation sites (tertiary alicyclic amines) is 1. The molecule has 4 nitrogen and oxygen atoms in total. The van der Waals surface area contributed by atoms with E-state index in [0.717, 1.165) is 32.4 Å². The molecule has 0 saturated carbocycles. The molecule has 1 fully saturated rings. The normalized spacial score (nSPS) is 18.6. The summed E-state index contributed by atoms with van der Waals surface area (Å²) in [4.78, 5) is 15.7. The number of carbonyl (C=O) groups is 1. The second-order valence-corrected chi connectivity index (χ2v) is 6.22. The largest absolute Gasteiger partial charge is 0.338 e. The Balaban J connectivity index is 1.55. The molecule has 2 aromatic rings. The fraction of sp³-hybridized carbons (Fsp3) is 0.467. The molecule has 3 heterocycles. The average molecular weight is 289 g/mol. The first-order chi connectivity index (χ1) is 9.83. The molecule has 1 aliphatic rings. The number of aryl methyl sites for hydroxylation is 1. The Labute approximate surface area is 123 Å². The fourth-order valence-corrected chi connectivity index (χ4v) is 3.52. The second kappa shape index (κ2) is 6.22. The van der Waals surface area contributed by atoms with Crippen LogP contribution in [-0.4, -0.2) is 33.2 Å². The Bertz CT molecular complexity index is 535. The van der Waals surface area contributed by atoms with Crippen molar-refractivity contribution in [1.82, 2.24) is 14.7 Å². The van der Waals surface area contributed by atoms with Crippen LogP contribution in [0.4, 0.5) is 0 Å². The van der Waals surface area contributed by atoms with Crippen molar-refractivity contribution in [2.75, 3.05) is 6.54 Å². The quantitative estimate of drug-likeness (QED) is 0.848. The molecule has 106 valence electrons. The molecule has 0 aliphatic carbocycles. The van der Waals surface area contributed by atoms with Crippen molar-refractivity contribution >= 4 is 17.2 Å². The molecule has 3 rings (SSSR count). The Hall–Kier alpha value is -1.62. The number of aromatic nitrogens is 2. The highest BCUT2D eigenvalue weighted by Gasteiger charge is 2.28. The van der Waals surface area contributed by atoms with Crippen molar-refractivity contribution in [3.8, 4) is 0 Å². The third kappa shape index (κ3) is 3.10. The van der Waals surface area contributed by atoms with Gasteiger partial charge in [-0.3, -0.25) is 9.48 Å². The molecule has 0 N–H and O–H groups in total. The van der Waals surface area contributed by atoms with E-state index >= 15 is 0 Å². The Morgan fingerprint density at radius 3 is 3.15 bits per heavy atom. The number of hydrogen-bond donors (Lipinski definition) is 0. The van der Waals surface area contributed by atoms with Gasteiger partial charge in [0, 0.05) is 30.2 Å². The number of rotatable bonds is 5. The maximum atomic E-state index is 12.4. The number of amides is 1. The van der Waals surface area contributed by atoms with E-state index in [1.807, 2.05) is 23.0 Å². The van der Waals surface area contributed by atoms with Crippen molar-refractivity contribution < 1.29 is 4.79 Å². The highest BCUT2D eigenvalue weighted by molar-refractivity contribution is 7.09. The van der Waals surface area contributed by atoms with Crippen molar-refractivity contribution in [2.45, 2.75) is 38.3 Å². The first-order valence-corrected chi connectivity index (χ1v) is 8.00. The first kappa shape index (κ1) is 13.4. The summed E-state index contributed by atoms with van der Waals surface area (Å²) in [6.45, 7) is 1.72. The molecule has 0 bridgehead atoms. The Morgan fingerprint density at radius 1 is 1.45 bits per heavy atom. The van der Waals surface area contributed by atoms with E-state index in [2.05, 4.69) is 21.4 Å². The van der Waals surface area contributed by atoms with Crippen LogP contribution in [0.15, 0.2) is 36.0 Å². The SMILES string of the molecule is O=C(CCc1cccs1)N1CCC[C@H]1Cn1cccn1. The molecule has 5 heteroatoms. The van der Waals surface area contributed by atoms with Crippen LogP contribution in [0.25, 0.3) is 0 Å². The summed E-state index contributed by atoms with van der Waals surface area (Å²) in [6.07, 6.45) is 7.43. The Kier molecular flexibility index (Phi) is 4.16. The zero-order chi connectivity index (χ0) is 13.8. The molecular formula is C15H19N3OS. The topological polar surface area (TPSA) is 38.1 Å². The summed E-state index contributed by atoms with van der Waals surface area (Å²) in [5, 5.41) is 6.31. The maximum Gasteiger partial charge on any atom is 0.223 e. The first-order valence-electron chi connectivity index (χ1n) is 7.12. The standard InChI is InChI=1S/C15H19N3OS/c19-15(7-6-14-5-2-11-20-14)18-10-1-4-13(18)12-17-9-3-8-16-17/h2-3,5,8-9,11,13H,1,4,6-7,10,12H2/t13-/m0/s1. The van der Waals surface area contributed by atoms with E-state index in [0.29, 0.717) is 12.5 Å². The van der Waals surface area contributed by atoms with Crippen LogP contribution in [0.3, 0.4) is 0 Å². The summed E-state index contributed by atoms with van der Waals surface area (Å²) in [5.74, 6) is 0.285. The van der Waals surface area contributed by atoms with E-state index in [1.165, 1.54) is 4.88 Å². The minimum Gasteiger partial charge on any atom is -0.338 e. The van der Waals surface area contributed by atoms with Crippen molar-refractivity contribution in [1.29, 1.82) is 0 Å². The van der Waals surface area contributed by atoms with Crippen LogP contribution in [0, 0.1) is 0 Å². The van der Waals surface area contributed by atoms with Crippen LogP contribution in [0.5, 0.6) is 0 Å². The zero-order valence-electron chi connectivity index (χ0n) is 11.4. The number of hydrogen-bond acceptors (Lipinski definition) is 3. The minimum atomic E-state index is 0.285. The lowest BCUT2D eigenvalue weighted by Gasteiger charge is -2.24. The predicted molar refractivity (Wildman–Crippen MR) is 79.6 cm³/mol. The molecule has 1 aliphatic heterocycles. The van der Waals surface area contributed by atoms with Gasteiger partial charge in [-0.1, -0.05) is 6.07 Å². The van der Waals surface area contributed by atoms with Gasteiger partial charge in [0.25, 0.3) is 0 Å². The molecule has 0 radical (unpaired) electrons. The molecule has 1 saturated heterocycles. The third-order valence-electron chi connectivity index (χ3n) is 3.82. The predicted octanol–water partition coefficient (Wildman–Crippen LogP) is 2.57. The highest BCUT2D eigenvalue weighted by atomic mass is 32.1. The van der Waals surface area contributed by atoms with Crippen LogP contribution in [0.1, 0.15) is 24.1 Å². The number of thiophene rings is 1. The molecule has 1 amide bonds. The van der Waals surface area contributed by atoms with Crippen LogP contribution >= 0.6 is 11.3 Å². The molecule has 0 aromatic carbocycles. The van der Waals surface area contributed by atoms with E-state index in [9.17, 15) is 4.79 Å². The van der Waals surface area contributed by atoms with Gasteiger partial charge in [0.15, 0.2) is 0 Å². The van der Waals surface area contributed by atoms with Gasteiger partial charge in [0.05, 0.1) is 12.6 Å². The maximum absolute atomic E-state index is 12.4. The molecule has 20 heavy (non-hydrogen) atoms. The lowest BCUT2D eigenvalue weighted by Crippen LogP contribution is -2.38. The van der Waals surface area contributed by atoms with Gasteiger partial charge in [-0.15, -0.1) is 11.3 Å². The molecular weight excluding hydrogens is 270 g/mol. The monoisotopic (exact) mass is 289 g/mol. The van der Waals surface area contributed by atoms with Gasteiger partial charge in [0.2, 0.25) is 5.91 Å². The van der Waals surface area contributed by atoms with Crippen molar-refractivity contribution in [3.63, 3.8) is 0 Å². The number of carbonyl (C=O) groups excluding carboxylic acids is 1. The molecule has 2 aromatic heterocycles. The fourth-order valence-electron chi connectivity index (χ4n) is 2.81. The van der Waals surface area contributed by atoms with Crippen molar-refractivity contribution in [3.05, 3.63) is 40.8 Å². The molecule has 0 spiro atoms. The van der Waals surface area contributed by atoms with Crippen LogP contribution in [-0.2, 0) is 17.8 Å². The van der Waals surface area contributed by atoms with Gasteiger partial charge < -0.3 is 4.90 Å². The average Bonchev–Trinajstić information content (AvgIpc) is 3.19. The molecule has 1 atom stereocenters. The second-order valence-electron chi connectivity index (χ2n) is 5.19. The van der Waals surface area contributed by atoms with Gasteiger partial charge in [-0.2, -0.15) is 5.10 Å². The highest BCUT2D eigenvalue weighted by Crippen LogP contribution is 2.21. The van der Waals surface area contributed by atoms with Gasteiger partial charge >= 0.3 is 0 Å². The lowest BCUT2D eigenvalue weighted by molar-refractivity contribution is -0.132. The summed E-state index contributed by atoms with van der Waals surface area (Å²) < 4.78 is 1.93. The molecule has 0 unspecified atom stereocenters. The summed E-state index contributed by atoms with van der Waals surface area (Å²) >= 11 is 1.73. The van der Waals surface area contributed by atoms with Gasteiger partial charge in [-0.25, -0.2) is 0 Å². The van der Waals surface area contributed by atoms with E-state index in [1.54, 1.807) is 17.5 Å². The van der Waals surface area contributed by atoms with Crippen LogP contribution < -0.4 is 0 Å². The van der Waals surface area contributed by atoms with E-state index in [-0.39, 0.29) is 5.91 Å². The van der Waals surface area contributed by atoms with Gasteiger partial charge in [0.1, 0.15) is 0 Å². The lowest BCUT2D eigenvalue weighted by atomic mass is 10.2. The van der Waals surface area contributed by atoms with E-state index in [4.69, 9.17) is 0 Å². The Morgan fingerprint density at radius 2 is 2.40 bits per heavy atom. The smallest absolute Gasteiger partial charge is 0.223 e. The summed E-state index contributed by atoms with van der Waals surface area (Å²) in [5.41, 5.74) is 0. The summed E-state index contributed by atoms with van der Waals surface area (Å²) in [7, 11) is 0. The minimum absolute atomic E-state index is 0.285. The van der Waals surface area contributed by atoms with E-state index < -0.39 is 0 Å². The third-order valence-corrected chi connectivity index (χ3v) is 4.76. The van der Waals surface area contributed by atoms with Crippen LogP contribution in [0.2, 0.25) is 0 Å². The van der Waals surface area contributed by atoms with Gasteiger partial charge in [-0.05, 0) is 36.8 Å².